The number of nitrogens with two attached hydrogens (primary N) is 1. The lowest BCUT2D eigenvalue weighted by molar-refractivity contribution is -0.140. The Bertz CT molecular complexity index is 628. The molecule has 106 valence electrons. The molecule has 0 aliphatic carbocycles. The van der Waals surface area contributed by atoms with E-state index in [1.165, 1.54) is 6.20 Å². The van der Waals surface area contributed by atoms with Crippen molar-refractivity contribution in [2.24, 2.45) is 5.73 Å². The molecule has 1 heterocycles. The van der Waals surface area contributed by atoms with Gasteiger partial charge in [-0.05, 0) is 45.3 Å². The third-order valence-electron chi connectivity index (χ3n) is 2.74. The molecular formula is C13H9BrF4N2. The van der Waals surface area contributed by atoms with Gasteiger partial charge in [0.1, 0.15) is 5.82 Å². The molecular weight excluding hydrogens is 340 g/mol. The number of aromatic nitrogens is 1. The summed E-state index contributed by atoms with van der Waals surface area (Å²) < 4.78 is 51.6. The number of benzene rings is 1. The van der Waals surface area contributed by atoms with E-state index in [-0.39, 0.29) is 5.56 Å². The zero-order valence-corrected chi connectivity index (χ0v) is 11.5. The Labute approximate surface area is 120 Å². The lowest BCUT2D eigenvalue weighted by Crippen LogP contribution is -2.14. The molecule has 1 aromatic heterocycles. The smallest absolute Gasteiger partial charge is 0.320 e. The summed E-state index contributed by atoms with van der Waals surface area (Å²) in [4.78, 5) is 3.91. The van der Waals surface area contributed by atoms with Crippen LogP contribution in [-0.4, -0.2) is 4.98 Å². The van der Waals surface area contributed by atoms with E-state index in [0.29, 0.717) is 16.1 Å². The van der Waals surface area contributed by atoms with Crippen molar-refractivity contribution < 1.29 is 17.6 Å². The van der Waals surface area contributed by atoms with Crippen LogP contribution < -0.4 is 5.73 Å². The predicted octanol–water partition coefficient (Wildman–Crippen LogP) is 4.05. The average Bonchev–Trinajstić information content (AvgIpc) is 2.36. The van der Waals surface area contributed by atoms with E-state index in [1.807, 2.05) is 0 Å². The topological polar surface area (TPSA) is 38.9 Å². The molecule has 1 aromatic carbocycles. The van der Waals surface area contributed by atoms with Gasteiger partial charge in [-0.2, -0.15) is 13.2 Å². The number of rotatable bonds is 2. The average molecular weight is 349 g/mol. The fraction of sp³-hybridized carbons (Fsp3) is 0.154. The zero-order chi connectivity index (χ0) is 14.9. The summed E-state index contributed by atoms with van der Waals surface area (Å²) in [6, 6.07) is 3.58. The van der Waals surface area contributed by atoms with E-state index < -0.39 is 23.6 Å². The first-order valence-electron chi connectivity index (χ1n) is 5.51. The number of pyridine rings is 1. The van der Waals surface area contributed by atoms with Gasteiger partial charge >= 0.3 is 6.18 Å². The van der Waals surface area contributed by atoms with Gasteiger partial charge in [-0.25, -0.2) is 4.39 Å². The Kier molecular flexibility index (Phi) is 4.10. The van der Waals surface area contributed by atoms with Crippen LogP contribution in [0.1, 0.15) is 22.7 Å². The highest BCUT2D eigenvalue weighted by Gasteiger charge is 2.34. The van der Waals surface area contributed by atoms with Gasteiger partial charge in [-0.3, -0.25) is 4.98 Å². The summed E-state index contributed by atoms with van der Waals surface area (Å²) in [6.45, 7) is 0. The summed E-state index contributed by atoms with van der Waals surface area (Å²) in [7, 11) is 0. The van der Waals surface area contributed by atoms with Crippen LogP contribution in [0.4, 0.5) is 17.6 Å². The first kappa shape index (κ1) is 14.9. The standard InChI is InChI=1S/C13H9BrF4N2/c14-9-3-8(5-20-6-9)12(19)7-1-2-10(11(15)4-7)13(16,17)18/h1-6,12H,19H2. The molecule has 0 radical (unpaired) electrons. The number of alkyl halides is 3. The molecule has 1 unspecified atom stereocenters. The van der Waals surface area contributed by atoms with Crippen molar-refractivity contribution in [3.63, 3.8) is 0 Å². The molecule has 2 rings (SSSR count). The number of nitrogens with zero attached hydrogens (tertiary/aromatic N) is 1. The van der Waals surface area contributed by atoms with Crippen LogP contribution in [0.15, 0.2) is 41.1 Å². The van der Waals surface area contributed by atoms with E-state index >= 15 is 0 Å². The maximum Gasteiger partial charge on any atom is 0.419 e. The van der Waals surface area contributed by atoms with Crippen molar-refractivity contribution in [3.05, 3.63) is 63.6 Å². The van der Waals surface area contributed by atoms with Crippen LogP contribution >= 0.6 is 15.9 Å². The SMILES string of the molecule is NC(c1cncc(Br)c1)c1ccc(C(F)(F)F)c(F)c1. The van der Waals surface area contributed by atoms with Gasteiger partial charge in [0.05, 0.1) is 11.6 Å². The van der Waals surface area contributed by atoms with E-state index in [2.05, 4.69) is 20.9 Å². The minimum atomic E-state index is -4.72. The van der Waals surface area contributed by atoms with Crippen LogP contribution in [-0.2, 0) is 6.18 Å². The maximum atomic E-state index is 13.5. The minimum Gasteiger partial charge on any atom is -0.320 e. The van der Waals surface area contributed by atoms with E-state index in [4.69, 9.17) is 5.73 Å². The molecule has 2 aromatic rings. The van der Waals surface area contributed by atoms with Crippen LogP contribution in [0.5, 0.6) is 0 Å². The molecule has 0 fully saturated rings. The normalized spacial score (nSPS) is 13.3. The van der Waals surface area contributed by atoms with Gasteiger partial charge in [0.25, 0.3) is 0 Å². The molecule has 0 spiro atoms. The molecule has 0 amide bonds. The van der Waals surface area contributed by atoms with Crippen LogP contribution in [0.2, 0.25) is 0 Å². The lowest BCUT2D eigenvalue weighted by Gasteiger charge is -2.14. The van der Waals surface area contributed by atoms with Crippen LogP contribution in [0, 0.1) is 5.82 Å². The number of hydrogen-bond donors (Lipinski definition) is 1. The Morgan fingerprint density at radius 3 is 2.35 bits per heavy atom. The van der Waals surface area contributed by atoms with E-state index in [0.717, 1.165) is 12.1 Å². The second-order valence-electron chi connectivity index (χ2n) is 4.15. The molecule has 0 aliphatic rings. The molecule has 0 bridgehead atoms. The van der Waals surface area contributed by atoms with Crippen molar-refractivity contribution >= 4 is 15.9 Å². The molecule has 20 heavy (non-hydrogen) atoms. The van der Waals surface area contributed by atoms with Crippen molar-refractivity contribution in [2.75, 3.05) is 0 Å². The highest BCUT2D eigenvalue weighted by molar-refractivity contribution is 9.10. The minimum absolute atomic E-state index is 0.246. The third-order valence-corrected chi connectivity index (χ3v) is 3.18. The molecule has 0 saturated carbocycles. The summed E-state index contributed by atoms with van der Waals surface area (Å²) >= 11 is 3.21. The van der Waals surface area contributed by atoms with Crippen LogP contribution in [0.25, 0.3) is 0 Å². The zero-order valence-electron chi connectivity index (χ0n) is 9.96. The molecule has 0 aliphatic heterocycles. The maximum absolute atomic E-state index is 13.5. The number of hydrogen-bond acceptors (Lipinski definition) is 2. The lowest BCUT2D eigenvalue weighted by atomic mass is 9.99. The second kappa shape index (κ2) is 5.49. The van der Waals surface area contributed by atoms with Crippen molar-refractivity contribution in [2.45, 2.75) is 12.2 Å². The second-order valence-corrected chi connectivity index (χ2v) is 5.07. The van der Waals surface area contributed by atoms with Crippen molar-refractivity contribution in [1.82, 2.24) is 4.98 Å². The van der Waals surface area contributed by atoms with Gasteiger partial charge in [-0.1, -0.05) is 6.07 Å². The summed E-state index contributed by atoms with van der Waals surface area (Å²) in [5.74, 6) is -1.34. The van der Waals surface area contributed by atoms with Gasteiger partial charge in [-0.15, -0.1) is 0 Å². The fourth-order valence-corrected chi connectivity index (χ4v) is 2.13. The van der Waals surface area contributed by atoms with Crippen molar-refractivity contribution in [1.29, 1.82) is 0 Å². The van der Waals surface area contributed by atoms with E-state index in [1.54, 1.807) is 12.3 Å². The Morgan fingerprint density at radius 1 is 1.10 bits per heavy atom. The predicted molar refractivity (Wildman–Crippen MR) is 69.4 cm³/mol. The third kappa shape index (κ3) is 3.16. The Balaban J connectivity index is 2.37. The molecule has 7 heteroatoms. The summed E-state index contributed by atoms with van der Waals surface area (Å²) in [6.07, 6.45) is -1.70. The fourth-order valence-electron chi connectivity index (χ4n) is 1.75. The molecule has 2 N–H and O–H groups in total. The highest BCUT2D eigenvalue weighted by Crippen LogP contribution is 2.33. The van der Waals surface area contributed by atoms with Crippen LogP contribution in [0.3, 0.4) is 0 Å². The highest BCUT2D eigenvalue weighted by atomic mass is 79.9. The quantitative estimate of drug-likeness (QED) is 0.831. The number of halogens is 5. The molecule has 1 atom stereocenters. The summed E-state index contributed by atoms with van der Waals surface area (Å²) in [5, 5.41) is 0. The van der Waals surface area contributed by atoms with Gasteiger partial charge in [0.2, 0.25) is 0 Å². The van der Waals surface area contributed by atoms with Gasteiger partial charge < -0.3 is 5.73 Å². The Hall–Kier alpha value is -1.47. The van der Waals surface area contributed by atoms with E-state index in [9.17, 15) is 17.6 Å². The molecule has 0 saturated heterocycles. The first-order chi connectivity index (χ1) is 9.29. The van der Waals surface area contributed by atoms with Crippen molar-refractivity contribution in [3.8, 4) is 0 Å². The molecule has 2 nitrogen and oxygen atoms in total. The Morgan fingerprint density at radius 2 is 1.80 bits per heavy atom. The largest absolute Gasteiger partial charge is 0.419 e. The summed E-state index contributed by atoms with van der Waals surface area (Å²) in [5.41, 5.74) is 5.41. The monoisotopic (exact) mass is 348 g/mol. The van der Waals surface area contributed by atoms with Gasteiger partial charge in [0.15, 0.2) is 0 Å². The van der Waals surface area contributed by atoms with Gasteiger partial charge in [0, 0.05) is 16.9 Å². The first-order valence-corrected chi connectivity index (χ1v) is 6.31.